The minimum atomic E-state index is -0.223. The monoisotopic (exact) mass is 248 g/mol. The maximum Gasteiger partial charge on any atom is 0.174 e. The largest absolute Gasteiger partial charge is 0.380 e. The summed E-state index contributed by atoms with van der Waals surface area (Å²) < 4.78 is 10.9. The molecule has 0 amide bonds. The highest BCUT2D eigenvalue weighted by atomic mass is 16.7. The summed E-state index contributed by atoms with van der Waals surface area (Å²) in [6.45, 7) is 5.77. The number of anilines is 1. The van der Waals surface area contributed by atoms with E-state index in [9.17, 15) is 0 Å². The van der Waals surface area contributed by atoms with E-state index in [0.717, 1.165) is 11.3 Å². The Kier molecular flexibility index (Phi) is 6.85. The number of nitrogens with one attached hydrogen (secondary N) is 1. The molecule has 0 saturated heterocycles. The smallest absolute Gasteiger partial charge is 0.174 e. The molecule has 18 heavy (non-hydrogen) atoms. The second-order valence-corrected chi connectivity index (χ2v) is 3.75. The Labute approximate surface area is 109 Å². The van der Waals surface area contributed by atoms with Crippen molar-refractivity contribution in [2.24, 2.45) is 0 Å². The molecule has 1 aromatic rings. The van der Waals surface area contributed by atoms with E-state index in [-0.39, 0.29) is 6.29 Å². The van der Waals surface area contributed by atoms with Crippen LogP contribution in [-0.4, -0.2) is 26.0 Å². The van der Waals surface area contributed by atoms with Crippen molar-refractivity contribution in [1.82, 2.24) is 0 Å². The molecule has 0 heterocycles. The fourth-order valence-electron chi connectivity index (χ4n) is 1.57. The molecule has 0 radical (unpaired) electrons. The van der Waals surface area contributed by atoms with Gasteiger partial charge in [-0.1, -0.05) is 12.1 Å². The Morgan fingerprint density at radius 2 is 1.78 bits per heavy atom. The molecule has 1 aromatic carbocycles. The van der Waals surface area contributed by atoms with E-state index in [4.69, 9.17) is 14.7 Å². The molecule has 0 aromatic heterocycles. The molecule has 1 N–H and O–H groups in total. The second kappa shape index (κ2) is 8.51. The van der Waals surface area contributed by atoms with Crippen molar-refractivity contribution in [3.63, 3.8) is 0 Å². The third-order valence-electron chi connectivity index (χ3n) is 2.42. The first-order valence-electron chi connectivity index (χ1n) is 6.23. The van der Waals surface area contributed by atoms with Gasteiger partial charge in [-0.25, -0.2) is 0 Å². The van der Waals surface area contributed by atoms with Gasteiger partial charge in [-0.05, 0) is 31.5 Å². The number of ether oxygens (including phenoxy) is 2. The predicted molar refractivity (Wildman–Crippen MR) is 71.3 cm³/mol. The molecule has 0 aliphatic heterocycles. The highest BCUT2D eigenvalue weighted by Crippen LogP contribution is 2.10. The molecule has 0 spiro atoms. The van der Waals surface area contributed by atoms with E-state index in [1.165, 1.54) is 0 Å². The number of nitrogens with zero attached hydrogens (tertiary/aromatic N) is 1. The minimum Gasteiger partial charge on any atom is -0.380 e. The fourth-order valence-corrected chi connectivity index (χ4v) is 1.57. The summed E-state index contributed by atoms with van der Waals surface area (Å²) in [6, 6.07) is 9.94. The summed E-state index contributed by atoms with van der Waals surface area (Å²) >= 11 is 0. The van der Waals surface area contributed by atoms with Crippen molar-refractivity contribution in [1.29, 1.82) is 5.26 Å². The lowest BCUT2D eigenvalue weighted by Gasteiger charge is -2.18. The van der Waals surface area contributed by atoms with Gasteiger partial charge in [-0.15, -0.1) is 0 Å². The Morgan fingerprint density at radius 3 is 2.28 bits per heavy atom. The minimum absolute atomic E-state index is 0.223. The molecule has 0 bridgehead atoms. The number of rotatable bonds is 8. The molecule has 0 fully saturated rings. The molecule has 4 heteroatoms. The summed E-state index contributed by atoms with van der Waals surface area (Å²) in [6.07, 6.45) is 0.222. The first kappa shape index (κ1) is 14.5. The Morgan fingerprint density at radius 1 is 1.17 bits per heavy atom. The van der Waals surface area contributed by atoms with Crippen LogP contribution in [0.1, 0.15) is 19.4 Å². The number of benzene rings is 1. The Bertz CT molecular complexity index is 364. The zero-order valence-corrected chi connectivity index (χ0v) is 11.0. The summed E-state index contributed by atoms with van der Waals surface area (Å²) in [5, 5.41) is 11.8. The molecular weight excluding hydrogens is 228 g/mol. The van der Waals surface area contributed by atoms with Crippen molar-refractivity contribution in [2.75, 3.05) is 25.1 Å². The highest BCUT2D eigenvalue weighted by molar-refractivity contribution is 5.44. The quantitative estimate of drug-likeness (QED) is 0.718. The molecule has 0 unspecified atom stereocenters. The predicted octanol–water partition coefficient (Wildman–Crippen LogP) is 2.56. The molecule has 0 atom stereocenters. The van der Waals surface area contributed by atoms with Gasteiger partial charge in [0.25, 0.3) is 0 Å². The van der Waals surface area contributed by atoms with Gasteiger partial charge >= 0.3 is 0 Å². The average Bonchev–Trinajstić information content (AvgIpc) is 2.38. The first-order chi connectivity index (χ1) is 8.80. The lowest BCUT2D eigenvalue weighted by atomic mass is 10.1. The maximum absolute atomic E-state index is 8.58. The maximum atomic E-state index is 8.58. The fraction of sp³-hybridized carbons (Fsp3) is 0.500. The molecule has 1 rings (SSSR count). The van der Waals surface area contributed by atoms with E-state index in [2.05, 4.69) is 11.4 Å². The van der Waals surface area contributed by atoms with Crippen LogP contribution in [0.3, 0.4) is 0 Å². The summed E-state index contributed by atoms with van der Waals surface area (Å²) in [4.78, 5) is 0. The zero-order chi connectivity index (χ0) is 13.2. The van der Waals surface area contributed by atoms with Crippen molar-refractivity contribution in [3.8, 4) is 6.07 Å². The van der Waals surface area contributed by atoms with Crippen molar-refractivity contribution in [3.05, 3.63) is 29.8 Å². The summed E-state index contributed by atoms with van der Waals surface area (Å²) in [5.41, 5.74) is 2.02. The first-order valence-corrected chi connectivity index (χ1v) is 6.23. The number of hydrogen-bond donors (Lipinski definition) is 1. The van der Waals surface area contributed by atoms with Crippen LogP contribution in [0.15, 0.2) is 24.3 Å². The van der Waals surface area contributed by atoms with Crippen molar-refractivity contribution < 1.29 is 9.47 Å². The average molecular weight is 248 g/mol. The lowest BCUT2D eigenvalue weighted by Crippen LogP contribution is -2.26. The molecule has 98 valence electrons. The van der Waals surface area contributed by atoms with E-state index in [1.807, 2.05) is 38.1 Å². The van der Waals surface area contributed by atoms with Crippen LogP contribution < -0.4 is 5.32 Å². The van der Waals surface area contributed by atoms with E-state index in [1.54, 1.807) is 0 Å². The van der Waals surface area contributed by atoms with Crippen LogP contribution in [0.25, 0.3) is 0 Å². The SMILES string of the molecule is CCOC(CNc1ccc(CC#N)cc1)OCC. The van der Waals surface area contributed by atoms with Gasteiger partial charge in [0.2, 0.25) is 0 Å². The molecule has 0 aliphatic carbocycles. The molecule has 0 aliphatic rings. The third-order valence-corrected chi connectivity index (χ3v) is 2.42. The third kappa shape index (κ3) is 5.17. The van der Waals surface area contributed by atoms with Crippen LogP contribution in [0, 0.1) is 11.3 Å². The summed E-state index contributed by atoms with van der Waals surface area (Å²) in [5.74, 6) is 0. The van der Waals surface area contributed by atoms with Crippen LogP contribution in [-0.2, 0) is 15.9 Å². The summed E-state index contributed by atoms with van der Waals surface area (Å²) in [7, 11) is 0. The molecule has 0 saturated carbocycles. The zero-order valence-electron chi connectivity index (χ0n) is 11.0. The van der Waals surface area contributed by atoms with Crippen LogP contribution in [0.4, 0.5) is 5.69 Å². The van der Waals surface area contributed by atoms with Gasteiger partial charge in [0, 0.05) is 18.9 Å². The van der Waals surface area contributed by atoms with Gasteiger partial charge in [0.1, 0.15) is 0 Å². The number of nitriles is 1. The normalized spacial score (nSPS) is 10.3. The lowest BCUT2D eigenvalue weighted by molar-refractivity contribution is -0.126. The van der Waals surface area contributed by atoms with Gasteiger partial charge in [0.15, 0.2) is 6.29 Å². The number of hydrogen-bond acceptors (Lipinski definition) is 4. The van der Waals surface area contributed by atoms with Crippen molar-refractivity contribution >= 4 is 5.69 Å². The van der Waals surface area contributed by atoms with Crippen LogP contribution in [0.2, 0.25) is 0 Å². The van der Waals surface area contributed by atoms with Gasteiger partial charge < -0.3 is 14.8 Å². The second-order valence-electron chi connectivity index (χ2n) is 3.75. The highest BCUT2D eigenvalue weighted by Gasteiger charge is 2.06. The van der Waals surface area contributed by atoms with E-state index in [0.29, 0.717) is 26.2 Å². The van der Waals surface area contributed by atoms with Gasteiger partial charge in [0.05, 0.1) is 19.0 Å². The Balaban J connectivity index is 2.44. The van der Waals surface area contributed by atoms with E-state index < -0.39 is 0 Å². The van der Waals surface area contributed by atoms with Crippen LogP contribution >= 0.6 is 0 Å². The van der Waals surface area contributed by atoms with Crippen LogP contribution in [0.5, 0.6) is 0 Å². The van der Waals surface area contributed by atoms with Gasteiger partial charge in [-0.3, -0.25) is 0 Å². The van der Waals surface area contributed by atoms with Gasteiger partial charge in [-0.2, -0.15) is 5.26 Å². The van der Waals surface area contributed by atoms with E-state index >= 15 is 0 Å². The Hall–Kier alpha value is -1.57. The molecular formula is C14H20N2O2. The van der Waals surface area contributed by atoms with Crippen molar-refractivity contribution in [2.45, 2.75) is 26.6 Å². The topological polar surface area (TPSA) is 54.3 Å². The standard InChI is InChI=1S/C14H20N2O2/c1-3-17-14(18-4-2)11-16-13-7-5-12(6-8-13)9-10-15/h5-8,14,16H,3-4,9,11H2,1-2H3. The molecule has 4 nitrogen and oxygen atoms in total.